The Bertz CT molecular complexity index is 1030. The van der Waals surface area contributed by atoms with Crippen LogP contribution in [0.2, 0.25) is 0 Å². The molecule has 2 aliphatic heterocycles. The maximum Gasteiger partial charge on any atom is 0.243 e. The summed E-state index contributed by atoms with van der Waals surface area (Å²) in [6, 6.07) is 1.94. The van der Waals surface area contributed by atoms with E-state index in [-0.39, 0.29) is 40.7 Å². The quantitative estimate of drug-likeness (QED) is 0.698. The third-order valence-electron chi connectivity index (χ3n) is 5.48. The highest BCUT2D eigenvalue weighted by Crippen LogP contribution is 2.33. The molecule has 0 unspecified atom stereocenters. The van der Waals surface area contributed by atoms with Crippen LogP contribution in [0.4, 0.5) is 0 Å². The molecule has 0 amide bonds. The molecule has 0 aliphatic carbocycles. The lowest BCUT2D eigenvalue weighted by molar-refractivity contribution is 0.280. The van der Waals surface area contributed by atoms with Crippen LogP contribution >= 0.6 is 0 Å². The normalized spacial score (nSPS) is 27.3. The molecule has 1 aromatic rings. The summed E-state index contributed by atoms with van der Waals surface area (Å²) in [6.45, 7) is 5.41. The molecule has 10 heteroatoms. The zero-order valence-electron chi connectivity index (χ0n) is 15.7. The van der Waals surface area contributed by atoms with Crippen LogP contribution in [0, 0.1) is 20.8 Å². The van der Waals surface area contributed by atoms with E-state index in [1.807, 2.05) is 13.8 Å². The second kappa shape index (κ2) is 6.82. The molecule has 2 atom stereocenters. The van der Waals surface area contributed by atoms with E-state index in [0.29, 0.717) is 5.56 Å². The molecule has 152 valence electrons. The highest BCUT2D eigenvalue weighted by Gasteiger charge is 2.46. The first kappa shape index (κ1) is 20.8. The number of benzene rings is 1. The summed E-state index contributed by atoms with van der Waals surface area (Å²) in [6.07, 6.45) is 0.393. The molecule has 0 aromatic heterocycles. The first-order valence-corrected chi connectivity index (χ1v) is 13.9. The minimum absolute atomic E-state index is 0.0743. The van der Waals surface area contributed by atoms with Crippen LogP contribution in [0.15, 0.2) is 17.0 Å². The molecule has 0 bridgehead atoms. The van der Waals surface area contributed by atoms with Crippen molar-refractivity contribution in [3.63, 3.8) is 0 Å². The average Bonchev–Trinajstić information content (AvgIpc) is 3.04. The molecular formula is C17H25NO6S3. The second-order valence-electron chi connectivity index (χ2n) is 7.65. The van der Waals surface area contributed by atoms with E-state index in [1.165, 1.54) is 4.31 Å². The number of hydrogen-bond acceptors (Lipinski definition) is 6. The van der Waals surface area contributed by atoms with E-state index in [0.717, 1.165) is 11.1 Å². The number of nitrogens with zero attached hydrogens (tertiary/aromatic N) is 1. The summed E-state index contributed by atoms with van der Waals surface area (Å²) >= 11 is 0. The summed E-state index contributed by atoms with van der Waals surface area (Å²) in [4.78, 5) is 0.124. The molecule has 27 heavy (non-hydrogen) atoms. The Balaban J connectivity index is 2.11. The van der Waals surface area contributed by atoms with Crippen LogP contribution in [0.1, 0.15) is 29.5 Å². The number of sulfone groups is 2. The summed E-state index contributed by atoms with van der Waals surface area (Å²) in [5.41, 5.74) is 2.35. The largest absolute Gasteiger partial charge is 0.243 e. The molecule has 0 N–H and O–H groups in total. The van der Waals surface area contributed by atoms with Gasteiger partial charge in [-0.05, 0) is 56.4 Å². The Hall–Kier alpha value is -0.970. The predicted octanol–water partition coefficient (Wildman–Crippen LogP) is 0.977. The highest BCUT2D eigenvalue weighted by atomic mass is 32.2. The maximum atomic E-state index is 13.5. The van der Waals surface area contributed by atoms with Gasteiger partial charge < -0.3 is 0 Å². The fourth-order valence-electron chi connectivity index (χ4n) is 3.97. The van der Waals surface area contributed by atoms with E-state index in [1.54, 1.807) is 19.1 Å². The van der Waals surface area contributed by atoms with E-state index < -0.39 is 41.8 Å². The molecule has 2 aliphatic rings. The van der Waals surface area contributed by atoms with Gasteiger partial charge in [-0.15, -0.1) is 0 Å². The topological polar surface area (TPSA) is 106 Å². The molecule has 1 aromatic carbocycles. The highest BCUT2D eigenvalue weighted by molar-refractivity contribution is 7.92. The standard InChI is InChI=1S/C17H25NO6S3/c1-12-8-14(3)17(9-13(12)2)27(23,24)18(15-4-6-25(19,20)10-15)16-5-7-26(21,22)11-16/h8-9,15-16H,4-7,10-11H2,1-3H3/t15-,16+. The van der Waals surface area contributed by atoms with Gasteiger partial charge in [-0.3, -0.25) is 0 Å². The van der Waals surface area contributed by atoms with Crippen molar-refractivity contribution in [1.82, 2.24) is 4.31 Å². The molecule has 0 radical (unpaired) electrons. The van der Waals surface area contributed by atoms with Gasteiger partial charge in [-0.25, -0.2) is 25.3 Å². The Morgan fingerprint density at radius 3 is 1.67 bits per heavy atom. The zero-order valence-corrected chi connectivity index (χ0v) is 18.1. The van der Waals surface area contributed by atoms with Crippen LogP contribution < -0.4 is 0 Å². The van der Waals surface area contributed by atoms with Gasteiger partial charge >= 0.3 is 0 Å². The predicted molar refractivity (Wildman–Crippen MR) is 104 cm³/mol. The lowest BCUT2D eigenvalue weighted by Gasteiger charge is -2.32. The van der Waals surface area contributed by atoms with E-state index >= 15 is 0 Å². The maximum absolute atomic E-state index is 13.5. The first-order chi connectivity index (χ1) is 12.3. The monoisotopic (exact) mass is 435 g/mol. The second-order valence-corrected chi connectivity index (χ2v) is 13.9. The van der Waals surface area contributed by atoms with Crippen molar-refractivity contribution in [3.8, 4) is 0 Å². The summed E-state index contributed by atoms with van der Waals surface area (Å²) in [5.74, 6) is -0.663. The SMILES string of the molecule is Cc1cc(C)c(S(=O)(=O)N([C@@H]2CCS(=O)(=O)C2)[C@H]2CCS(=O)(=O)C2)cc1C. The molecule has 0 saturated carbocycles. The van der Waals surface area contributed by atoms with Gasteiger partial charge in [0, 0.05) is 12.1 Å². The van der Waals surface area contributed by atoms with Gasteiger partial charge in [-0.2, -0.15) is 4.31 Å². The number of sulfonamides is 1. The van der Waals surface area contributed by atoms with Gasteiger partial charge in [-0.1, -0.05) is 6.07 Å². The van der Waals surface area contributed by atoms with Gasteiger partial charge in [0.15, 0.2) is 19.7 Å². The summed E-state index contributed by atoms with van der Waals surface area (Å²) < 4.78 is 76.2. The van der Waals surface area contributed by atoms with Gasteiger partial charge in [0.05, 0.1) is 27.9 Å². The van der Waals surface area contributed by atoms with Crippen molar-refractivity contribution < 1.29 is 25.3 Å². The minimum Gasteiger partial charge on any atom is -0.229 e. The molecule has 2 saturated heterocycles. The van der Waals surface area contributed by atoms with Crippen molar-refractivity contribution in [1.29, 1.82) is 0 Å². The third kappa shape index (κ3) is 4.08. The average molecular weight is 436 g/mol. The molecule has 0 spiro atoms. The van der Waals surface area contributed by atoms with Crippen molar-refractivity contribution in [2.24, 2.45) is 0 Å². The Labute approximate surface area is 161 Å². The summed E-state index contributed by atoms with van der Waals surface area (Å²) in [5, 5.41) is 0. The fraction of sp³-hybridized carbons (Fsp3) is 0.647. The smallest absolute Gasteiger partial charge is 0.229 e. The van der Waals surface area contributed by atoms with Crippen LogP contribution in [0.3, 0.4) is 0 Å². The molecule has 2 heterocycles. The van der Waals surface area contributed by atoms with Gasteiger partial charge in [0.2, 0.25) is 10.0 Å². The molecule has 2 fully saturated rings. The van der Waals surface area contributed by atoms with Crippen LogP contribution in [0.25, 0.3) is 0 Å². The Morgan fingerprint density at radius 2 is 1.26 bits per heavy atom. The molecular weight excluding hydrogens is 410 g/mol. The third-order valence-corrected chi connectivity index (χ3v) is 11.1. The van der Waals surface area contributed by atoms with Crippen LogP contribution in [0.5, 0.6) is 0 Å². The van der Waals surface area contributed by atoms with Crippen LogP contribution in [-0.4, -0.2) is 64.7 Å². The van der Waals surface area contributed by atoms with E-state index in [4.69, 9.17) is 0 Å². The number of rotatable bonds is 4. The van der Waals surface area contributed by atoms with Gasteiger partial charge in [0.25, 0.3) is 0 Å². The van der Waals surface area contributed by atoms with E-state index in [9.17, 15) is 25.3 Å². The first-order valence-electron chi connectivity index (χ1n) is 8.85. The minimum atomic E-state index is -4.03. The summed E-state index contributed by atoms with van der Waals surface area (Å²) in [7, 11) is -10.7. The van der Waals surface area contributed by atoms with Gasteiger partial charge in [0.1, 0.15) is 0 Å². The Morgan fingerprint density at radius 1 is 0.815 bits per heavy atom. The molecule has 3 rings (SSSR count). The van der Waals surface area contributed by atoms with E-state index in [2.05, 4.69) is 0 Å². The van der Waals surface area contributed by atoms with Crippen molar-refractivity contribution in [2.45, 2.75) is 50.6 Å². The number of aryl methyl sites for hydroxylation is 3. The van der Waals surface area contributed by atoms with Crippen LogP contribution in [-0.2, 0) is 29.7 Å². The zero-order chi connectivity index (χ0) is 20.2. The fourth-order valence-corrected chi connectivity index (χ4v) is 9.74. The van der Waals surface area contributed by atoms with Crippen molar-refractivity contribution in [2.75, 3.05) is 23.0 Å². The van der Waals surface area contributed by atoms with Crippen molar-refractivity contribution in [3.05, 3.63) is 28.8 Å². The lowest BCUT2D eigenvalue weighted by atomic mass is 10.1. The lowest BCUT2D eigenvalue weighted by Crippen LogP contribution is -2.48. The Kier molecular flexibility index (Phi) is 5.24. The number of hydrogen-bond donors (Lipinski definition) is 0. The van der Waals surface area contributed by atoms with Crippen molar-refractivity contribution >= 4 is 29.7 Å². The molecule has 7 nitrogen and oxygen atoms in total.